The Morgan fingerprint density at radius 1 is 1.47 bits per heavy atom. The molecule has 0 amide bonds. The number of rotatable bonds is 2. The molecule has 0 unspecified atom stereocenters. The third-order valence-electron chi connectivity index (χ3n) is 2.14. The largest absolute Gasteiger partial charge is 0.495 e. The van der Waals surface area contributed by atoms with Gasteiger partial charge >= 0.3 is 5.69 Å². The quantitative estimate of drug-likeness (QED) is 0.711. The van der Waals surface area contributed by atoms with Gasteiger partial charge in [0, 0.05) is 12.4 Å². The van der Waals surface area contributed by atoms with Crippen LogP contribution in [0.15, 0.2) is 35.4 Å². The molecule has 0 saturated heterocycles. The number of methoxy groups -OCH3 is 1. The third kappa shape index (κ3) is 1.59. The summed E-state index contributed by atoms with van der Waals surface area (Å²) in [6.07, 6.45) is 3.21. The first-order valence-electron chi connectivity index (χ1n) is 4.42. The molecule has 0 bridgehead atoms. The van der Waals surface area contributed by atoms with E-state index in [1.165, 1.54) is 4.57 Å². The SMILES string of the molecule is COc1ccc(-n2cc[nH]c2=O)cc1N. The molecule has 1 aromatic carbocycles. The van der Waals surface area contributed by atoms with E-state index in [0.717, 1.165) is 0 Å². The van der Waals surface area contributed by atoms with Crippen molar-refractivity contribution in [2.24, 2.45) is 0 Å². The van der Waals surface area contributed by atoms with E-state index in [1.807, 2.05) is 0 Å². The predicted molar refractivity (Wildman–Crippen MR) is 57.4 cm³/mol. The molecule has 1 heterocycles. The molecule has 2 aromatic rings. The zero-order valence-corrected chi connectivity index (χ0v) is 8.23. The van der Waals surface area contributed by atoms with Gasteiger partial charge in [0.1, 0.15) is 5.75 Å². The number of ether oxygens (including phenoxy) is 1. The standard InChI is InChI=1S/C10H11N3O2/c1-15-9-3-2-7(6-8(9)11)13-5-4-12-10(13)14/h2-6H,11H2,1H3,(H,12,14). The normalized spacial score (nSPS) is 10.2. The first-order chi connectivity index (χ1) is 7.22. The summed E-state index contributed by atoms with van der Waals surface area (Å²) in [4.78, 5) is 13.9. The predicted octanol–water partition coefficient (Wildman–Crippen LogP) is 0.756. The number of nitrogens with zero attached hydrogens (tertiary/aromatic N) is 1. The highest BCUT2D eigenvalue weighted by molar-refractivity contribution is 5.58. The summed E-state index contributed by atoms with van der Waals surface area (Å²) < 4.78 is 6.50. The van der Waals surface area contributed by atoms with Gasteiger partial charge in [0.2, 0.25) is 0 Å². The Morgan fingerprint density at radius 2 is 2.27 bits per heavy atom. The van der Waals surface area contributed by atoms with Crippen LogP contribution >= 0.6 is 0 Å². The van der Waals surface area contributed by atoms with E-state index in [9.17, 15) is 4.79 Å². The van der Waals surface area contributed by atoms with Gasteiger partial charge in [-0.05, 0) is 18.2 Å². The van der Waals surface area contributed by atoms with Crippen LogP contribution < -0.4 is 16.2 Å². The first-order valence-corrected chi connectivity index (χ1v) is 4.42. The maximum absolute atomic E-state index is 11.3. The fourth-order valence-corrected chi connectivity index (χ4v) is 1.40. The summed E-state index contributed by atoms with van der Waals surface area (Å²) in [6.45, 7) is 0. The molecule has 0 aliphatic rings. The summed E-state index contributed by atoms with van der Waals surface area (Å²) in [5, 5.41) is 0. The summed E-state index contributed by atoms with van der Waals surface area (Å²) in [6, 6.07) is 5.18. The Hall–Kier alpha value is -2.17. The minimum absolute atomic E-state index is 0.195. The molecule has 0 fully saturated rings. The molecule has 3 N–H and O–H groups in total. The maximum Gasteiger partial charge on any atom is 0.330 e. The summed E-state index contributed by atoms with van der Waals surface area (Å²) in [7, 11) is 1.55. The molecule has 0 atom stereocenters. The molecule has 78 valence electrons. The zero-order chi connectivity index (χ0) is 10.8. The number of aromatic amines is 1. The van der Waals surface area contributed by atoms with Crippen LogP contribution in [-0.4, -0.2) is 16.7 Å². The fraction of sp³-hybridized carbons (Fsp3) is 0.100. The van der Waals surface area contributed by atoms with Gasteiger partial charge in [0.05, 0.1) is 18.5 Å². The molecule has 0 radical (unpaired) electrons. The lowest BCUT2D eigenvalue weighted by Crippen LogP contribution is -2.14. The van der Waals surface area contributed by atoms with Crippen molar-refractivity contribution >= 4 is 5.69 Å². The molecule has 0 aliphatic carbocycles. The van der Waals surface area contributed by atoms with Gasteiger partial charge in [-0.3, -0.25) is 4.57 Å². The van der Waals surface area contributed by atoms with Crippen LogP contribution in [-0.2, 0) is 0 Å². The number of nitrogens with one attached hydrogen (secondary N) is 1. The van der Waals surface area contributed by atoms with Crippen LogP contribution in [0.4, 0.5) is 5.69 Å². The Morgan fingerprint density at radius 3 is 2.80 bits per heavy atom. The molecule has 0 aliphatic heterocycles. The number of benzene rings is 1. The minimum Gasteiger partial charge on any atom is -0.495 e. The van der Waals surface area contributed by atoms with Gasteiger partial charge in [0.25, 0.3) is 0 Å². The van der Waals surface area contributed by atoms with Crippen LogP contribution in [0.2, 0.25) is 0 Å². The third-order valence-corrected chi connectivity index (χ3v) is 2.14. The van der Waals surface area contributed by atoms with E-state index < -0.39 is 0 Å². The van der Waals surface area contributed by atoms with E-state index in [4.69, 9.17) is 10.5 Å². The van der Waals surface area contributed by atoms with E-state index in [0.29, 0.717) is 17.1 Å². The van der Waals surface area contributed by atoms with Crippen LogP contribution in [0.3, 0.4) is 0 Å². The van der Waals surface area contributed by atoms with Crippen LogP contribution in [0.1, 0.15) is 0 Å². The van der Waals surface area contributed by atoms with Crippen molar-refractivity contribution in [1.29, 1.82) is 0 Å². The van der Waals surface area contributed by atoms with Crippen molar-refractivity contribution in [1.82, 2.24) is 9.55 Å². The lowest BCUT2D eigenvalue weighted by Gasteiger charge is -2.06. The monoisotopic (exact) mass is 205 g/mol. The molecule has 5 nitrogen and oxygen atoms in total. The second-order valence-corrected chi connectivity index (χ2v) is 3.06. The Kier molecular flexibility index (Phi) is 2.21. The highest BCUT2D eigenvalue weighted by atomic mass is 16.5. The second-order valence-electron chi connectivity index (χ2n) is 3.06. The number of hydrogen-bond donors (Lipinski definition) is 2. The fourth-order valence-electron chi connectivity index (χ4n) is 1.40. The van der Waals surface area contributed by atoms with Gasteiger partial charge in [-0.25, -0.2) is 4.79 Å². The lowest BCUT2D eigenvalue weighted by molar-refractivity contribution is 0.417. The molecule has 0 spiro atoms. The van der Waals surface area contributed by atoms with Gasteiger partial charge in [0.15, 0.2) is 0 Å². The molecular formula is C10H11N3O2. The molecule has 2 rings (SSSR count). The van der Waals surface area contributed by atoms with Crippen LogP contribution in [0.5, 0.6) is 5.75 Å². The average Bonchev–Trinajstić information content (AvgIpc) is 2.64. The number of H-pyrrole nitrogens is 1. The molecule has 0 saturated carbocycles. The van der Waals surface area contributed by atoms with Gasteiger partial charge in [-0.2, -0.15) is 0 Å². The van der Waals surface area contributed by atoms with Crippen LogP contribution in [0.25, 0.3) is 5.69 Å². The molecular weight excluding hydrogens is 194 g/mol. The molecule has 15 heavy (non-hydrogen) atoms. The smallest absolute Gasteiger partial charge is 0.330 e. The highest BCUT2D eigenvalue weighted by Crippen LogP contribution is 2.22. The lowest BCUT2D eigenvalue weighted by atomic mass is 10.2. The molecule has 5 heteroatoms. The highest BCUT2D eigenvalue weighted by Gasteiger charge is 2.03. The Balaban J connectivity index is 2.52. The number of aromatic nitrogens is 2. The zero-order valence-electron chi connectivity index (χ0n) is 8.23. The van der Waals surface area contributed by atoms with Crippen molar-refractivity contribution in [2.75, 3.05) is 12.8 Å². The van der Waals surface area contributed by atoms with E-state index >= 15 is 0 Å². The van der Waals surface area contributed by atoms with E-state index in [-0.39, 0.29) is 5.69 Å². The van der Waals surface area contributed by atoms with E-state index in [2.05, 4.69) is 4.98 Å². The molecule has 1 aromatic heterocycles. The minimum atomic E-state index is -0.195. The van der Waals surface area contributed by atoms with Gasteiger partial charge < -0.3 is 15.5 Å². The van der Waals surface area contributed by atoms with Crippen LogP contribution in [0, 0.1) is 0 Å². The first kappa shape index (κ1) is 9.39. The van der Waals surface area contributed by atoms with Crippen molar-refractivity contribution in [3.05, 3.63) is 41.1 Å². The number of anilines is 1. The Labute approximate surface area is 86.1 Å². The number of imidazole rings is 1. The number of hydrogen-bond acceptors (Lipinski definition) is 3. The maximum atomic E-state index is 11.3. The average molecular weight is 205 g/mol. The van der Waals surface area contributed by atoms with E-state index in [1.54, 1.807) is 37.7 Å². The Bertz CT molecular complexity index is 527. The second kappa shape index (κ2) is 3.53. The van der Waals surface area contributed by atoms with Gasteiger partial charge in [-0.15, -0.1) is 0 Å². The van der Waals surface area contributed by atoms with Crippen molar-refractivity contribution < 1.29 is 4.74 Å². The number of nitrogens with two attached hydrogens (primary N) is 1. The number of nitrogen functional groups attached to an aromatic ring is 1. The van der Waals surface area contributed by atoms with Crippen molar-refractivity contribution in [2.45, 2.75) is 0 Å². The summed E-state index contributed by atoms with van der Waals surface area (Å²) >= 11 is 0. The van der Waals surface area contributed by atoms with Crippen molar-refractivity contribution in [3.8, 4) is 11.4 Å². The summed E-state index contributed by atoms with van der Waals surface area (Å²) in [5.41, 5.74) is 6.75. The van der Waals surface area contributed by atoms with Gasteiger partial charge in [-0.1, -0.05) is 0 Å². The summed E-state index contributed by atoms with van der Waals surface area (Å²) in [5.74, 6) is 0.599. The topological polar surface area (TPSA) is 73.0 Å². The van der Waals surface area contributed by atoms with Crippen molar-refractivity contribution in [3.63, 3.8) is 0 Å².